The Balaban J connectivity index is 1.70. The van der Waals surface area contributed by atoms with Crippen molar-refractivity contribution in [3.63, 3.8) is 0 Å². The highest BCUT2D eigenvalue weighted by molar-refractivity contribution is 5.52. The van der Waals surface area contributed by atoms with Gasteiger partial charge in [0.2, 0.25) is 0 Å². The molecule has 0 saturated heterocycles. The Morgan fingerprint density at radius 3 is 2.30 bits per heavy atom. The maximum absolute atomic E-state index is 5.98. The second kappa shape index (κ2) is 4.37. The molecule has 1 aromatic heterocycles. The molecule has 0 amide bonds. The van der Waals surface area contributed by atoms with Gasteiger partial charge in [-0.1, -0.05) is 0 Å². The molecule has 0 spiro atoms. The first-order valence-electron chi connectivity index (χ1n) is 8.18. The van der Waals surface area contributed by atoms with Crippen LogP contribution in [0.25, 0.3) is 0 Å². The third kappa shape index (κ3) is 1.82. The zero-order chi connectivity index (χ0) is 13.7. The summed E-state index contributed by atoms with van der Waals surface area (Å²) in [5.74, 6) is 4.00. The van der Waals surface area contributed by atoms with Gasteiger partial charge in [0, 0.05) is 30.0 Å². The average molecular weight is 271 g/mol. The highest BCUT2D eigenvalue weighted by Crippen LogP contribution is 2.58. The van der Waals surface area contributed by atoms with Crippen LogP contribution in [0, 0.1) is 17.8 Å². The minimum absolute atomic E-state index is 0.379. The number of hydrogen-bond acceptors (Lipinski definition) is 3. The molecule has 0 atom stereocenters. The maximum atomic E-state index is 5.98. The number of pyridine rings is 1. The lowest BCUT2D eigenvalue weighted by Gasteiger charge is -2.60. The Labute approximate surface area is 121 Å². The molecule has 0 unspecified atom stereocenters. The molecule has 4 aliphatic carbocycles. The number of nitrogen functional groups attached to an aromatic ring is 1. The van der Waals surface area contributed by atoms with Gasteiger partial charge in [-0.25, -0.2) is 4.98 Å². The molecule has 108 valence electrons. The minimum atomic E-state index is 0.379. The van der Waals surface area contributed by atoms with Gasteiger partial charge in [0.1, 0.15) is 5.82 Å². The van der Waals surface area contributed by atoms with Crippen LogP contribution in [0.4, 0.5) is 11.5 Å². The van der Waals surface area contributed by atoms with E-state index < -0.39 is 0 Å². The Kier molecular flexibility index (Phi) is 2.73. The fourth-order valence-corrected chi connectivity index (χ4v) is 5.72. The normalized spacial score (nSPS) is 38.1. The predicted octanol–water partition coefficient (Wildman–Crippen LogP) is 3.46. The second-order valence-corrected chi connectivity index (χ2v) is 7.33. The number of hydrogen-bond donors (Lipinski definition) is 1. The van der Waals surface area contributed by atoms with Gasteiger partial charge in [-0.15, -0.1) is 0 Å². The van der Waals surface area contributed by atoms with E-state index in [0.717, 1.165) is 35.8 Å². The minimum Gasteiger partial charge on any atom is -0.399 e. The molecule has 3 nitrogen and oxygen atoms in total. The van der Waals surface area contributed by atoms with Gasteiger partial charge in [-0.05, 0) is 69.3 Å². The molecular formula is C17H25N3. The fraction of sp³-hybridized carbons (Fsp3) is 0.706. The molecule has 0 aliphatic heterocycles. The molecule has 20 heavy (non-hydrogen) atoms. The summed E-state index contributed by atoms with van der Waals surface area (Å²) in [6.07, 6.45) is 10.5. The molecule has 2 N–H and O–H groups in total. The van der Waals surface area contributed by atoms with Crippen LogP contribution >= 0.6 is 0 Å². The van der Waals surface area contributed by atoms with E-state index in [9.17, 15) is 0 Å². The van der Waals surface area contributed by atoms with Gasteiger partial charge < -0.3 is 10.6 Å². The molecule has 1 heterocycles. The number of aromatic nitrogens is 1. The third-order valence-corrected chi connectivity index (χ3v) is 5.94. The first kappa shape index (κ1) is 12.5. The lowest BCUT2D eigenvalue weighted by atomic mass is 9.52. The van der Waals surface area contributed by atoms with E-state index in [0.29, 0.717) is 5.54 Å². The molecule has 1 aromatic rings. The van der Waals surface area contributed by atoms with Crippen LogP contribution in [0.1, 0.15) is 45.4 Å². The van der Waals surface area contributed by atoms with Gasteiger partial charge >= 0.3 is 0 Å². The van der Waals surface area contributed by atoms with Crippen molar-refractivity contribution in [2.75, 3.05) is 17.2 Å². The summed E-state index contributed by atoms with van der Waals surface area (Å²) >= 11 is 0. The molecule has 4 fully saturated rings. The number of nitrogens with zero attached hydrogens (tertiary/aromatic N) is 2. The topological polar surface area (TPSA) is 42.1 Å². The largest absolute Gasteiger partial charge is 0.399 e. The van der Waals surface area contributed by atoms with Crippen LogP contribution < -0.4 is 10.6 Å². The second-order valence-electron chi connectivity index (χ2n) is 7.33. The van der Waals surface area contributed by atoms with Gasteiger partial charge in [-0.3, -0.25) is 0 Å². The highest BCUT2D eigenvalue weighted by Gasteiger charge is 2.53. The van der Waals surface area contributed by atoms with Gasteiger partial charge in [0.25, 0.3) is 0 Å². The van der Waals surface area contributed by atoms with Crippen molar-refractivity contribution in [2.45, 2.75) is 51.0 Å². The fourth-order valence-electron chi connectivity index (χ4n) is 5.72. The monoisotopic (exact) mass is 271 g/mol. The van der Waals surface area contributed by atoms with Crippen LogP contribution in [0.5, 0.6) is 0 Å². The summed E-state index contributed by atoms with van der Waals surface area (Å²) in [4.78, 5) is 7.19. The van der Waals surface area contributed by atoms with Crippen molar-refractivity contribution >= 4 is 11.5 Å². The van der Waals surface area contributed by atoms with E-state index in [1.807, 2.05) is 12.3 Å². The van der Waals surface area contributed by atoms with Crippen LogP contribution in [0.2, 0.25) is 0 Å². The summed E-state index contributed by atoms with van der Waals surface area (Å²) in [7, 11) is 0. The Morgan fingerprint density at radius 2 is 1.80 bits per heavy atom. The van der Waals surface area contributed by atoms with Crippen molar-refractivity contribution in [1.82, 2.24) is 4.98 Å². The number of nitrogens with two attached hydrogens (primary N) is 1. The van der Waals surface area contributed by atoms with Gasteiger partial charge in [0.05, 0.1) is 0 Å². The van der Waals surface area contributed by atoms with Crippen LogP contribution in [-0.2, 0) is 0 Å². The molecule has 3 heteroatoms. The standard InChI is InChI=1S/C17H25N3/c1-2-20(16-8-15(18)3-4-19-16)17-9-12-5-13(10-17)7-14(6-12)11-17/h3-4,8,12-14H,2,5-7,9-11H2,1H3,(H2,18,19). The van der Waals surface area contributed by atoms with E-state index in [4.69, 9.17) is 5.73 Å². The summed E-state index contributed by atoms with van der Waals surface area (Å²) in [5.41, 5.74) is 7.19. The van der Waals surface area contributed by atoms with Crippen molar-refractivity contribution in [2.24, 2.45) is 17.8 Å². The van der Waals surface area contributed by atoms with Crippen molar-refractivity contribution in [3.05, 3.63) is 18.3 Å². The van der Waals surface area contributed by atoms with E-state index in [1.165, 1.54) is 38.5 Å². The lowest BCUT2D eigenvalue weighted by Crippen LogP contribution is -2.60. The van der Waals surface area contributed by atoms with E-state index in [2.05, 4.69) is 22.9 Å². The first-order chi connectivity index (χ1) is 9.68. The van der Waals surface area contributed by atoms with Crippen LogP contribution in [0.15, 0.2) is 18.3 Å². The Morgan fingerprint density at radius 1 is 1.20 bits per heavy atom. The molecule has 4 aliphatic rings. The zero-order valence-electron chi connectivity index (χ0n) is 12.4. The molecule has 0 radical (unpaired) electrons. The van der Waals surface area contributed by atoms with Crippen molar-refractivity contribution in [3.8, 4) is 0 Å². The van der Waals surface area contributed by atoms with Crippen molar-refractivity contribution in [1.29, 1.82) is 0 Å². The lowest BCUT2D eigenvalue weighted by molar-refractivity contribution is -0.00417. The van der Waals surface area contributed by atoms with Crippen LogP contribution in [0.3, 0.4) is 0 Å². The highest BCUT2D eigenvalue weighted by atomic mass is 15.3. The maximum Gasteiger partial charge on any atom is 0.130 e. The quantitative estimate of drug-likeness (QED) is 0.915. The predicted molar refractivity (Wildman–Crippen MR) is 82.6 cm³/mol. The van der Waals surface area contributed by atoms with Gasteiger partial charge in [0.15, 0.2) is 0 Å². The Bertz CT molecular complexity index is 475. The van der Waals surface area contributed by atoms with E-state index in [-0.39, 0.29) is 0 Å². The summed E-state index contributed by atoms with van der Waals surface area (Å²) in [5, 5.41) is 0. The number of rotatable bonds is 3. The third-order valence-electron chi connectivity index (χ3n) is 5.94. The molecule has 4 bridgehead atoms. The van der Waals surface area contributed by atoms with Crippen LogP contribution in [-0.4, -0.2) is 17.1 Å². The summed E-state index contributed by atoms with van der Waals surface area (Å²) < 4.78 is 0. The first-order valence-corrected chi connectivity index (χ1v) is 8.18. The Hall–Kier alpha value is -1.25. The van der Waals surface area contributed by atoms with Crippen molar-refractivity contribution < 1.29 is 0 Å². The van der Waals surface area contributed by atoms with E-state index in [1.54, 1.807) is 0 Å². The molecule has 0 aromatic carbocycles. The average Bonchev–Trinajstić information content (AvgIpc) is 2.37. The van der Waals surface area contributed by atoms with E-state index >= 15 is 0 Å². The zero-order valence-corrected chi connectivity index (χ0v) is 12.4. The SMILES string of the molecule is CCN(c1cc(N)ccn1)C12CC3CC(CC(C3)C1)C2. The number of anilines is 2. The summed E-state index contributed by atoms with van der Waals surface area (Å²) in [6.45, 7) is 3.31. The smallest absolute Gasteiger partial charge is 0.130 e. The molecular weight excluding hydrogens is 246 g/mol. The summed E-state index contributed by atoms with van der Waals surface area (Å²) in [6, 6.07) is 3.94. The van der Waals surface area contributed by atoms with Gasteiger partial charge in [-0.2, -0.15) is 0 Å². The molecule has 4 saturated carbocycles. The molecule has 5 rings (SSSR count).